The number of rotatable bonds is 13. The van der Waals surface area contributed by atoms with Crippen molar-refractivity contribution < 1.29 is 4.74 Å². The predicted octanol–water partition coefficient (Wildman–Crippen LogP) is 10.9. The van der Waals surface area contributed by atoms with Crippen molar-refractivity contribution in [1.29, 1.82) is 0 Å². The molecule has 2 aromatic rings. The van der Waals surface area contributed by atoms with Gasteiger partial charge in [-0.05, 0) is 58.3 Å². The Morgan fingerprint density at radius 2 is 1.72 bits per heavy atom. The fourth-order valence-corrected chi connectivity index (χ4v) is 5.17. The van der Waals surface area contributed by atoms with Crippen molar-refractivity contribution in [2.45, 2.75) is 99.5 Å². The quantitative estimate of drug-likeness (QED) is 0.129. The fraction of sp³-hybridized carbons (Fsp3) is 0.462. The van der Waals surface area contributed by atoms with E-state index in [4.69, 9.17) is 23.8 Å². The average molecular weight is 601 g/mol. The standard InChI is InChI=1S/C20H25BCl.C14H21NO.C5H10/c1-5-9-18(15(3)11-8-13-21)14-17(6-2)20-16(4)10-7-12-19(20)22;1-3-15-10-4-5-13(15)11-16-14-8-6-12(2)7-9-14;1-4-5(2)3/h7,9-10,12-14H,3,5-6,8,11H2,1-2,4H3;6-9,13H,3-5,10-11H2,1-2H3;2,4H2,1,3H3/b17-14+,18-9-;;. The van der Waals surface area contributed by atoms with Crippen LogP contribution in [0.25, 0.3) is 5.57 Å². The Bertz CT molecular complexity index is 1170. The molecular weight excluding hydrogens is 545 g/mol. The molecule has 0 spiro atoms. The second-order valence-electron chi connectivity index (χ2n) is 11.3. The maximum atomic E-state index is 6.42. The van der Waals surface area contributed by atoms with Gasteiger partial charge < -0.3 is 4.74 Å². The van der Waals surface area contributed by atoms with Crippen molar-refractivity contribution in [3.05, 3.63) is 106 Å². The summed E-state index contributed by atoms with van der Waals surface area (Å²) in [4.78, 5) is 2.51. The molecule has 1 radical (unpaired) electrons. The summed E-state index contributed by atoms with van der Waals surface area (Å²) in [5.74, 6) is 2.69. The third-order valence-electron chi connectivity index (χ3n) is 7.67. The van der Waals surface area contributed by atoms with E-state index in [-0.39, 0.29) is 0 Å². The molecule has 0 saturated carbocycles. The van der Waals surface area contributed by atoms with Gasteiger partial charge in [-0.2, -0.15) is 0 Å². The zero-order valence-electron chi connectivity index (χ0n) is 28.1. The van der Waals surface area contributed by atoms with Gasteiger partial charge in [-0.15, -0.1) is 6.58 Å². The molecule has 1 aliphatic rings. The summed E-state index contributed by atoms with van der Waals surface area (Å²) in [5, 5.41) is 0.810. The maximum absolute atomic E-state index is 6.42. The number of halogens is 1. The molecule has 1 aliphatic heterocycles. The molecule has 1 saturated heterocycles. The number of nitrogens with zero attached hydrogens (tertiary/aromatic N) is 1. The van der Waals surface area contributed by atoms with E-state index in [0.717, 1.165) is 67.2 Å². The van der Waals surface area contributed by atoms with Crippen LogP contribution in [-0.4, -0.2) is 44.1 Å². The van der Waals surface area contributed by atoms with Crippen LogP contribution in [0, 0.1) is 13.8 Å². The van der Waals surface area contributed by atoms with Crippen LogP contribution in [0.4, 0.5) is 0 Å². The van der Waals surface area contributed by atoms with Crippen LogP contribution in [0.3, 0.4) is 0 Å². The number of ether oxygens (including phenoxy) is 1. The van der Waals surface area contributed by atoms with Gasteiger partial charge in [-0.25, -0.2) is 0 Å². The molecule has 1 fully saturated rings. The molecule has 1 unspecified atom stereocenters. The Morgan fingerprint density at radius 3 is 2.26 bits per heavy atom. The first-order valence-electron chi connectivity index (χ1n) is 16.1. The van der Waals surface area contributed by atoms with Crippen molar-refractivity contribution >= 4 is 30.6 Å². The van der Waals surface area contributed by atoms with E-state index < -0.39 is 0 Å². The van der Waals surface area contributed by atoms with Gasteiger partial charge >= 0.3 is 141 Å². The molecule has 0 aromatic heterocycles. The average Bonchev–Trinajstić information content (AvgIpc) is 3.46. The number of aryl methyl sites for hydroxylation is 2. The van der Waals surface area contributed by atoms with Crippen molar-refractivity contribution in [2.75, 3.05) is 19.7 Å². The van der Waals surface area contributed by atoms with E-state index >= 15 is 0 Å². The summed E-state index contributed by atoms with van der Waals surface area (Å²) < 4.78 is 5.84. The number of hydrogen-bond donors (Lipinski definition) is 0. The minimum absolute atomic E-state index is 0.617. The third kappa shape index (κ3) is 14.6. The van der Waals surface area contributed by atoms with Crippen LogP contribution in [0.15, 0.2) is 84.5 Å². The molecule has 0 aliphatic carbocycles. The van der Waals surface area contributed by atoms with E-state index in [9.17, 15) is 0 Å². The molecule has 3 rings (SSSR count). The number of likely N-dealkylation sites (tertiary alicyclic amines) is 1. The Labute approximate surface area is 270 Å². The Kier molecular flexibility index (Phi) is 19.6. The van der Waals surface area contributed by atoms with Gasteiger partial charge in [0.25, 0.3) is 0 Å². The number of likely N-dealkylation sites (N-methyl/N-ethyl adjacent to an activating group) is 1. The first-order valence-corrected chi connectivity index (χ1v) is 16.4. The van der Waals surface area contributed by atoms with Gasteiger partial charge in [0.2, 0.25) is 0 Å². The number of allylic oxidation sites excluding steroid dienone is 6. The van der Waals surface area contributed by atoms with E-state index in [1.165, 1.54) is 47.2 Å². The summed E-state index contributed by atoms with van der Waals surface area (Å²) >= 11 is 6.42. The van der Waals surface area contributed by atoms with Gasteiger partial charge in [0.1, 0.15) is 12.4 Å². The first-order chi connectivity index (χ1) is 20.6. The van der Waals surface area contributed by atoms with E-state index in [1.54, 1.807) is 5.97 Å². The normalized spacial score (nSPS) is 15.1. The monoisotopic (exact) mass is 600 g/mol. The van der Waals surface area contributed by atoms with Crippen LogP contribution >= 0.6 is 11.6 Å². The summed E-state index contributed by atoms with van der Waals surface area (Å²) in [7, 11) is 5.49. The number of hydrogen-bond acceptors (Lipinski definition) is 2. The molecule has 0 N–H and O–H groups in total. The van der Waals surface area contributed by atoms with Crippen molar-refractivity contribution in [2.24, 2.45) is 0 Å². The van der Waals surface area contributed by atoms with Gasteiger partial charge in [-0.1, -0.05) is 37.1 Å². The molecular formula is C39H56BClNO. The second kappa shape index (κ2) is 22.0. The Balaban J connectivity index is 0.000000383. The summed E-state index contributed by atoms with van der Waals surface area (Å²) in [5.41, 5.74) is 8.46. The molecule has 233 valence electrons. The molecule has 0 bridgehead atoms. The van der Waals surface area contributed by atoms with Crippen molar-refractivity contribution in [3.8, 4) is 5.75 Å². The van der Waals surface area contributed by atoms with Crippen LogP contribution in [-0.2, 0) is 0 Å². The fourth-order valence-electron chi connectivity index (χ4n) is 4.83. The molecule has 43 heavy (non-hydrogen) atoms. The summed E-state index contributed by atoms with van der Waals surface area (Å²) in [6.07, 6.45) is 11.8. The van der Waals surface area contributed by atoms with E-state index in [2.05, 4.69) is 102 Å². The Hall–Kier alpha value is -2.62. The van der Waals surface area contributed by atoms with E-state index in [0.29, 0.717) is 6.04 Å². The minimum atomic E-state index is 0.617. The summed E-state index contributed by atoms with van der Waals surface area (Å²) in [6.45, 7) is 26.0. The van der Waals surface area contributed by atoms with Crippen molar-refractivity contribution in [3.63, 3.8) is 0 Å². The van der Waals surface area contributed by atoms with E-state index in [1.807, 2.05) is 19.1 Å². The topological polar surface area (TPSA) is 12.5 Å². The van der Waals surface area contributed by atoms with Gasteiger partial charge in [0, 0.05) is 6.04 Å². The predicted molar refractivity (Wildman–Crippen MR) is 195 cm³/mol. The SMILES string of the molecule is C=C(C)CC.CCN1CCCC1COc1ccc(C)cc1.[B]=CCCC(=C)C(=C\CC)/C=C(\CC)c1c(C)cccc1Cl. The zero-order chi connectivity index (χ0) is 32.2. The zero-order valence-corrected chi connectivity index (χ0v) is 28.9. The van der Waals surface area contributed by atoms with Crippen LogP contribution in [0.1, 0.15) is 96.3 Å². The molecule has 2 nitrogen and oxygen atoms in total. The van der Waals surface area contributed by atoms with Gasteiger partial charge in [0.15, 0.2) is 0 Å². The van der Waals surface area contributed by atoms with Crippen LogP contribution in [0.5, 0.6) is 5.75 Å². The second-order valence-corrected chi connectivity index (χ2v) is 11.7. The van der Waals surface area contributed by atoms with Gasteiger partial charge in [-0.3, -0.25) is 4.90 Å². The molecule has 0 amide bonds. The number of benzene rings is 2. The Morgan fingerprint density at radius 1 is 1.05 bits per heavy atom. The van der Waals surface area contributed by atoms with Crippen LogP contribution in [0.2, 0.25) is 5.02 Å². The van der Waals surface area contributed by atoms with Crippen molar-refractivity contribution in [1.82, 2.24) is 4.90 Å². The molecule has 1 atom stereocenters. The first kappa shape index (κ1) is 38.4. The molecule has 2 aromatic carbocycles. The summed E-state index contributed by atoms with van der Waals surface area (Å²) in [6, 6.07) is 15.0. The van der Waals surface area contributed by atoms with Gasteiger partial charge in [0.05, 0.1) is 0 Å². The third-order valence-corrected chi connectivity index (χ3v) is 7.99. The molecule has 4 heteroatoms. The molecule has 1 heterocycles. The van der Waals surface area contributed by atoms with Crippen LogP contribution < -0.4 is 4.74 Å².